The second-order valence-electron chi connectivity index (χ2n) is 3.49. The molecular formula is C12H16O5. The third kappa shape index (κ3) is 3.10. The molecule has 0 amide bonds. The van der Waals surface area contributed by atoms with E-state index < -0.39 is 5.97 Å². The second kappa shape index (κ2) is 6.10. The highest BCUT2D eigenvalue weighted by molar-refractivity contribution is 5.89. The lowest BCUT2D eigenvalue weighted by molar-refractivity contribution is 0.0696. The number of rotatable bonds is 6. The molecule has 2 N–H and O–H groups in total. The van der Waals surface area contributed by atoms with Crippen LogP contribution in [-0.4, -0.2) is 37.0 Å². The van der Waals surface area contributed by atoms with Gasteiger partial charge in [-0.2, -0.15) is 0 Å². The highest BCUT2D eigenvalue weighted by Gasteiger charge is 2.15. The zero-order valence-electron chi connectivity index (χ0n) is 9.90. The molecule has 5 heteroatoms. The number of aromatic carboxylic acids is 1. The van der Waals surface area contributed by atoms with Crippen LogP contribution in [0.4, 0.5) is 0 Å². The molecule has 0 saturated carbocycles. The molecule has 1 aromatic carbocycles. The van der Waals surface area contributed by atoms with Gasteiger partial charge in [0.15, 0.2) is 0 Å². The van der Waals surface area contributed by atoms with E-state index in [9.17, 15) is 4.79 Å². The van der Waals surface area contributed by atoms with Crippen molar-refractivity contribution in [3.63, 3.8) is 0 Å². The van der Waals surface area contributed by atoms with Gasteiger partial charge in [-0.1, -0.05) is 0 Å². The number of ether oxygens (including phenoxy) is 2. The first-order valence-electron chi connectivity index (χ1n) is 5.23. The molecule has 0 aliphatic rings. The summed E-state index contributed by atoms with van der Waals surface area (Å²) in [5, 5.41) is 17.8. The quantitative estimate of drug-likeness (QED) is 0.784. The maximum absolute atomic E-state index is 10.9. The number of hydrogen-bond acceptors (Lipinski definition) is 4. The largest absolute Gasteiger partial charge is 0.496 e. The van der Waals surface area contributed by atoms with E-state index in [4.69, 9.17) is 19.7 Å². The minimum absolute atomic E-state index is 0.0625. The van der Waals surface area contributed by atoms with E-state index in [2.05, 4.69) is 0 Å². The standard InChI is InChI=1S/C12H16O5/c1-16-10-6-8(12(14)15)7-11(17-2)9(10)4-3-5-13/h6-7,13H,3-5H2,1-2H3,(H,14,15). The van der Waals surface area contributed by atoms with Gasteiger partial charge in [-0.25, -0.2) is 4.79 Å². The molecular weight excluding hydrogens is 224 g/mol. The first-order chi connectivity index (χ1) is 8.13. The maximum atomic E-state index is 10.9. The van der Waals surface area contributed by atoms with E-state index in [1.165, 1.54) is 26.4 Å². The van der Waals surface area contributed by atoms with Crippen molar-refractivity contribution in [1.82, 2.24) is 0 Å². The van der Waals surface area contributed by atoms with Crippen molar-refractivity contribution < 1.29 is 24.5 Å². The Morgan fingerprint density at radius 2 is 1.76 bits per heavy atom. The smallest absolute Gasteiger partial charge is 0.335 e. The average molecular weight is 240 g/mol. The predicted molar refractivity (Wildman–Crippen MR) is 61.9 cm³/mol. The van der Waals surface area contributed by atoms with Gasteiger partial charge in [0.2, 0.25) is 0 Å². The van der Waals surface area contributed by atoms with Gasteiger partial charge in [0, 0.05) is 12.2 Å². The molecule has 0 fully saturated rings. The van der Waals surface area contributed by atoms with E-state index in [-0.39, 0.29) is 12.2 Å². The fourth-order valence-electron chi connectivity index (χ4n) is 1.61. The van der Waals surface area contributed by atoms with Gasteiger partial charge in [-0.05, 0) is 25.0 Å². The Kier molecular flexibility index (Phi) is 4.78. The molecule has 0 heterocycles. The van der Waals surface area contributed by atoms with Gasteiger partial charge in [-0.15, -0.1) is 0 Å². The lowest BCUT2D eigenvalue weighted by atomic mass is 10.0. The zero-order chi connectivity index (χ0) is 12.8. The molecule has 0 atom stereocenters. The molecule has 0 spiro atoms. The summed E-state index contributed by atoms with van der Waals surface area (Å²) in [6, 6.07) is 2.91. The lowest BCUT2D eigenvalue weighted by Crippen LogP contribution is -2.03. The van der Waals surface area contributed by atoms with Crippen LogP contribution in [0, 0.1) is 0 Å². The van der Waals surface area contributed by atoms with Gasteiger partial charge in [-0.3, -0.25) is 0 Å². The predicted octanol–water partition coefficient (Wildman–Crippen LogP) is 1.33. The van der Waals surface area contributed by atoms with Crippen molar-refractivity contribution in [3.05, 3.63) is 23.3 Å². The molecule has 0 aliphatic carbocycles. The minimum Gasteiger partial charge on any atom is -0.496 e. The fourth-order valence-corrected chi connectivity index (χ4v) is 1.61. The van der Waals surface area contributed by atoms with Crippen LogP contribution in [0.25, 0.3) is 0 Å². The number of aliphatic hydroxyl groups is 1. The van der Waals surface area contributed by atoms with Gasteiger partial charge >= 0.3 is 5.97 Å². The summed E-state index contributed by atoms with van der Waals surface area (Å²) in [7, 11) is 2.95. The number of methoxy groups -OCH3 is 2. The van der Waals surface area contributed by atoms with Crippen molar-refractivity contribution in [2.24, 2.45) is 0 Å². The Balaban J connectivity index is 3.21. The van der Waals surface area contributed by atoms with E-state index in [1.807, 2.05) is 0 Å². The topological polar surface area (TPSA) is 76.0 Å². The molecule has 1 rings (SSSR count). The van der Waals surface area contributed by atoms with Crippen LogP contribution in [-0.2, 0) is 6.42 Å². The summed E-state index contributed by atoms with van der Waals surface area (Å²) < 4.78 is 10.3. The monoisotopic (exact) mass is 240 g/mol. The second-order valence-corrected chi connectivity index (χ2v) is 3.49. The molecule has 17 heavy (non-hydrogen) atoms. The van der Waals surface area contributed by atoms with Gasteiger partial charge in [0.25, 0.3) is 0 Å². The van der Waals surface area contributed by atoms with E-state index >= 15 is 0 Å². The summed E-state index contributed by atoms with van der Waals surface area (Å²) in [5.41, 5.74) is 0.889. The summed E-state index contributed by atoms with van der Waals surface area (Å²) in [6.07, 6.45) is 1.14. The molecule has 0 bridgehead atoms. The molecule has 0 unspecified atom stereocenters. The van der Waals surface area contributed by atoms with Gasteiger partial charge in [0.05, 0.1) is 19.8 Å². The molecule has 1 aromatic rings. The average Bonchev–Trinajstić information content (AvgIpc) is 2.34. The number of aliphatic hydroxyl groups excluding tert-OH is 1. The van der Waals surface area contributed by atoms with Crippen LogP contribution < -0.4 is 9.47 Å². The van der Waals surface area contributed by atoms with Crippen LogP contribution in [0.2, 0.25) is 0 Å². The number of carboxylic acids is 1. The zero-order valence-corrected chi connectivity index (χ0v) is 9.90. The van der Waals surface area contributed by atoms with Crippen molar-refractivity contribution in [1.29, 1.82) is 0 Å². The number of hydrogen-bond donors (Lipinski definition) is 2. The summed E-state index contributed by atoms with van der Waals surface area (Å²) in [6.45, 7) is 0.0625. The van der Waals surface area contributed by atoms with Crippen LogP contribution in [0.1, 0.15) is 22.3 Å². The van der Waals surface area contributed by atoms with Gasteiger partial charge in [0.1, 0.15) is 11.5 Å². The van der Waals surface area contributed by atoms with Crippen molar-refractivity contribution in [2.75, 3.05) is 20.8 Å². The van der Waals surface area contributed by atoms with Crippen LogP contribution in [0.3, 0.4) is 0 Å². The molecule has 0 aliphatic heterocycles. The third-order valence-corrected chi connectivity index (χ3v) is 2.44. The minimum atomic E-state index is -1.03. The number of carboxylic acid groups (broad SMARTS) is 1. The number of carbonyl (C=O) groups is 1. The molecule has 0 radical (unpaired) electrons. The highest BCUT2D eigenvalue weighted by atomic mass is 16.5. The number of benzene rings is 1. The normalized spacial score (nSPS) is 10.1. The lowest BCUT2D eigenvalue weighted by Gasteiger charge is -2.13. The Morgan fingerprint density at radius 1 is 1.24 bits per heavy atom. The van der Waals surface area contributed by atoms with Gasteiger partial charge < -0.3 is 19.7 Å². The summed E-state index contributed by atoms with van der Waals surface area (Å²) in [5.74, 6) is -0.0966. The third-order valence-electron chi connectivity index (χ3n) is 2.44. The van der Waals surface area contributed by atoms with Crippen molar-refractivity contribution in [2.45, 2.75) is 12.8 Å². The van der Waals surface area contributed by atoms with E-state index in [0.29, 0.717) is 24.3 Å². The molecule has 94 valence electrons. The Labute approximate surface area is 99.6 Å². The van der Waals surface area contributed by atoms with E-state index in [1.54, 1.807) is 0 Å². The van der Waals surface area contributed by atoms with E-state index in [0.717, 1.165) is 5.56 Å². The fraction of sp³-hybridized carbons (Fsp3) is 0.417. The SMILES string of the molecule is COc1cc(C(=O)O)cc(OC)c1CCCO. The maximum Gasteiger partial charge on any atom is 0.335 e. The molecule has 0 aromatic heterocycles. The first-order valence-corrected chi connectivity index (χ1v) is 5.23. The highest BCUT2D eigenvalue weighted by Crippen LogP contribution is 2.31. The van der Waals surface area contributed by atoms with Crippen molar-refractivity contribution >= 4 is 5.97 Å². The van der Waals surface area contributed by atoms with Crippen LogP contribution >= 0.6 is 0 Å². The van der Waals surface area contributed by atoms with Crippen LogP contribution in [0.15, 0.2) is 12.1 Å². The van der Waals surface area contributed by atoms with Crippen LogP contribution in [0.5, 0.6) is 11.5 Å². The molecule has 0 saturated heterocycles. The summed E-state index contributed by atoms with van der Waals surface area (Å²) in [4.78, 5) is 10.9. The summed E-state index contributed by atoms with van der Waals surface area (Å²) >= 11 is 0. The Hall–Kier alpha value is -1.75. The first kappa shape index (κ1) is 13.3. The Morgan fingerprint density at radius 3 is 2.12 bits per heavy atom. The Bertz CT molecular complexity index is 375. The molecule has 5 nitrogen and oxygen atoms in total. The van der Waals surface area contributed by atoms with Crippen molar-refractivity contribution in [3.8, 4) is 11.5 Å².